The Hall–Kier alpha value is -0.200. The van der Waals surface area contributed by atoms with Crippen LogP contribution in [0.4, 0.5) is 0 Å². The van der Waals surface area contributed by atoms with Gasteiger partial charge in [0.1, 0.15) is 0 Å². The van der Waals surface area contributed by atoms with Gasteiger partial charge in [-0.25, -0.2) is 0 Å². The van der Waals surface area contributed by atoms with Crippen molar-refractivity contribution in [1.29, 1.82) is 0 Å². The Bertz CT molecular complexity index is 668. The van der Waals surface area contributed by atoms with Crippen molar-refractivity contribution in [3.8, 4) is 0 Å². The summed E-state index contributed by atoms with van der Waals surface area (Å²) in [6.07, 6.45) is 10.1. The molecule has 2 aromatic rings. The molecular formula is C22H31O3PS3. The van der Waals surface area contributed by atoms with Crippen molar-refractivity contribution in [2.45, 2.75) is 58.3 Å². The van der Waals surface area contributed by atoms with E-state index in [0.717, 1.165) is 17.0 Å². The van der Waals surface area contributed by atoms with Crippen molar-refractivity contribution in [1.82, 2.24) is 0 Å². The molecule has 0 spiro atoms. The van der Waals surface area contributed by atoms with E-state index >= 15 is 0 Å². The van der Waals surface area contributed by atoms with Gasteiger partial charge in [-0.1, -0.05) is 0 Å². The van der Waals surface area contributed by atoms with Gasteiger partial charge in [0.05, 0.1) is 0 Å². The van der Waals surface area contributed by atoms with Crippen LogP contribution in [0.25, 0.3) is 0 Å². The van der Waals surface area contributed by atoms with Crippen LogP contribution in [0.5, 0.6) is 0 Å². The second-order valence-corrected chi connectivity index (χ2v) is 14.3. The van der Waals surface area contributed by atoms with Gasteiger partial charge in [-0.3, -0.25) is 0 Å². The SMILES string of the molecule is CCCCCCCCCCOP1(c2ccccc2)(c2ccccc2)OSSSO1. The first kappa shape index (κ1) is 23.5. The summed E-state index contributed by atoms with van der Waals surface area (Å²) in [5.41, 5.74) is 0. The molecule has 3 nitrogen and oxygen atoms in total. The van der Waals surface area contributed by atoms with E-state index in [2.05, 4.69) is 31.2 Å². The molecule has 0 N–H and O–H groups in total. The summed E-state index contributed by atoms with van der Waals surface area (Å²) in [4.78, 5) is 0. The van der Waals surface area contributed by atoms with E-state index in [4.69, 9.17) is 12.5 Å². The van der Waals surface area contributed by atoms with E-state index < -0.39 is 7.28 Å². The fraction of sp³-hybridized carbons (Fsp3) is 0.455. The second kappa shape index (κ2) is 12.0. The molecule has 0 radical (unpaired) electrons. The van der Waals surface area contributed by atoms with E-state index in [9.17, 15) is 0 Å². The minimum atomic E-state index is -3.67. The van der Waals surface area contributed by atoms with Crippen molar-refractivity contribution in [2.24, 2.45) is 0 Å². The predicted molar refractivity (Wildman–Crippen MR) is 133 cm³/mol. The molecule has 1 fully saturated rings. The Balaban J connectivity index is 1.72. The van der Waals surface area contributed by atoms with Gasteiger partial charge < -0.3 is 0 Å². The molecule has 1 heterocycles. The first-order chi connectivity index (χ1) is 14.3. The first-order valence-corrected chi connectivity index (χ1v) is 15.8. The molecule has 7 heteroatoms. The minimum absolute atomic E-state index is 0.627. The van der Waals surface area contributed by atoms with Crippen LogP contribution in [0.3, 0.4) is 0 Å². The van der Waals surface area contributed by atoms with Gasteiger partial charge >= 0.3 is 188 Å². The van der Waals surface area contributed by atoms with E-state index in [1.807, 2.05) is 36.4 Å². The van der Waals surface area contributed by atoms with Gasteiger partial charge in [-0.15, -0.1) is 0 Å². The standard InChI is InChI=1S/C22H31O3PS3/c1-2-3-4-5-6-7-8-15-20-23-26(24-27-29-28-25-26,21-16-11-9-12-17-21)22-18-13-10-14-19-22/h9-14,16-19H,2-8,15,20H2,1H3. The fourth-order valence-electron chi connectivity index (χ4n) is 3.51. The Kier molecular flexibility index (Phi) is 9.70. The molecule has 0 saturated carbocycles. The maximum atomic E-state index is 6.71. The average molecular weight is 471 g/mol. The monoisotopic (exact) mass is 470 g/mol. The first-order valence-electron chi connectivity index (χ1n) is 10.5. The normalized spacial score (nSPS) is 19.3. The second-order valence-electron chi connectivity index (χ2n) is 7.22. The molecule has 0 bridgehead atoms. The summed E-state index contributed by atoms with van der Waals surface area (Å²) in [6, 6.07) is 20.4. The summed E-state index contributed by atoms with van der Waals surface area (Å²) in [7, 11) is -2.19. The molecule has 0 aromatic heterocycles. The zero-order chi connectivity index (χ0) is 20.3. The van der Waals surface area contributed by atoms with Crippen LogP contribution in [0.2, 0.25) is 0 Å². The quantitative estimate of drug-likeness (QED) is 0.135. The van der Waals surface area contributed by atoms with E-state index in [-0.39, 0.29) is 0 Å². The number of unbranched alkanes of at least 4 members (excludes halogenated alkanes) is 7. The predicted octanol–water partition coefficient (Wildman–Crippen LogP) is 8.00. The molecule has 0 atom stereocenters. The van der Waals surface area contributed by atoms with Crippen molar-refractivity contribution >= 4 is 49.9 Å². The molecule has 0 aliphatic carbocycles. The van der Waals surface area contributed by atoms with Crippen LogP contribution in [0.1, 0.15) is 58.3 Å². The number of rotatable bonds is 12. The molecule has 0 amide bonds. The number of hydrogen-bond acceptors (Lipinski definition) is 6. The van der Waals surface area contributed by atoms with Crippen LogP contribution in [-0.2, 0) is 12.5 Å². The van der Waals surface area contributed by atoms with Crippen molar-refractivity contribution in [3.05, 3.63) is 60.7 Å². The van der Waals surface area contributed by atoms with Crippen LogP contribution in [0.15, 0.2) is 60.7 Å². The zero-order valence-corrected chi connectivity index (χ0v) is 20.4. The van der Waals surface area contributed by atoms with Crippen molar-refractivity contribution in [2.75, 3.05) is 6.61 Å². The van der Waals surface area contributed by atoms with Crippen molar-refractivity contribution < 1.29 is 12.5 Å². The number of benzene rings is 2. The summed E-state index contributed by atoms with van der Waals surface area (Å²) < 4.78 is 19.6. The van der Waals surface area contributed by atoms with Crippen LogP contribution < -0.4 is 10.6 Å². The Morgan fingerprint density at radius 1 is 0.690 bits per heavy atom. The molecule has 2 aromatic carbocycles. The van der Waals surface area contributed by atoms with E-state index in [1.165, 1.54) is 76.9 Å². The van der Waals surface area contributed by atoms with Gasteiger partial charge in [0, 0.05) is 0 Å². The number of hydrogen-bond donors (Lipinski definition) is 0. The van der Waals surface area contributed by atoms with E-state index in [1.54, 1.807) is 0 Å². The Morgan fingerprint density at radius 2 is 1.17 bits per heavy atom. The topological polar surface area (TPSA) is 27.7 Å². The van der Waals surface area contributed by atoms with Crippen molar-refractivity contribution in [3.63, 3.8) is 0 Å². The average Bonchev–Trinajstić information content (AvgIpc) is 2.80. The third kappa shape index (κ3) is 5.74. The third-order valence-corrected chi connectivity index (χ3v) is 13.3. The van der Waals surface area contributed by atoms with Gasteiger partial charge in [-0.2, -0.15) is 0 Å². The Morgan fingerprint density at radius 3 is 1.69 bits per heavy atom. The van der Waals surface area contributed by atoms with Gasteiger partial charge in [0.2, 0.25) is 0 Å². The molecule has 1 aliphatic rings. The molecule has 3 rings (SSSR count). The summed E-state index contributed by atoms with van der Waals surface area (Å²) in [6.45, 7) is 2.89. The Labute approximate surface area is 187 Å². The van der Waals surface area contributed by atoms with Crippen LogP contribution >= 0.6 is 39.3 Å². The molecule has 1 saturated heterocycles. The van der Waals surface area contributed by atoms with Crippen LogP contribution in [-0.4, -0.2) is 6.61 Å². The molecule has 1 aliphatic heterocycles. The third-order valence-electron chi connectivity index (χ3n) is 5.11. The van der Waals surface area contributed by atoms with E-state index in [0.29, 0.717) is 6.61 Å². The van der Waals surface area contributed by atoms with Gasteiger partial charge in [0.15, 0.2) is 0 Å². The maximum absolute atomic E-state index is 6.71. The summed E-state index contributed by atoms with van der Waals surface area (Å²) >= 11 is 2.72. The summed E-state index contributed by atoms with van der Waals surface area (Å²) in [5.74, 6) is 0. The fourth-order valence-corrected chi connectivity index (χ4v) is 13.1. The molecule has 29 heavy (non-hydrogen) atoms. The van der Waals surface area contributed by atoms with Gasteiger partial charge in [-0.05, 0) is 0 Å². The molecule has 0 unspecified atom stereocenters. The molecular weight excluding hydrogens is 439 g/mol. The summed E-state index contributed by atoms with van der Waals surface area (Å²) in [5, 5.41) is 1.95. The molecule has 160 valence electrons. The van der Waals surface area contributed by atoms with Gasteiger partial charge in [0.25, 0.3) is 0 Å². The zero-order valence-electron chi connectivity index (χ0n) is 17.0. The van der Waals surface area contributed by atoms with Crippen LogP contribution in [0, 0.1) is 0 Å².